The van der Waals surface area contributed by atoms with Crippen molar-refractivity contribution in [3.63, 3.8) is 0 Å². The molecule has 2 aromatic rings. The molecule has 0 aliphatic carbocycles. The first-order valence-electron chi connectivity index (χ1n) is 5.93. The smallest absolute Gasteiger partial charge is 0.132 e. The topological polar surface area (TPSA) is 39.9 Å². The maximum Gasteiger partial charge on any atom is 0.132 e. The number of pyridine rings is 1. The van der Waals surface area contributed by atoms with Crippen LogP contribution in [0.25, 0.3) is 0 Å². The lowest BCUT2D eigenvalue weighted by Crippen LogP contribution is -2.17. The SMILES string of the molecule is Cc1ccc(CN(C)c2cc(C#N)cc(Cl)n2)cc1. The molecule has 1 heterocycles. The molecule has 0 saturated heterocycles. The van der Waals surface area contributed by atoms with E-state index >= 15 is 0 Å². The van der Waals surface area contributed by atoms with Crippen molar-refractivity contribution in [2.24, 2.45) is 0 Å². The number of rotatable bonds is 3. The number of anilines is 1. The number of aromatic nitrogens is 1. The van der Waals surface area contributed by atoms with E-state index in [9.17, 15) is 0 Å². The summed E-state index contributed by atoms with van der Waals surface area (Å²) >= 11 is 5.91. The lowest BCUT2D eigenvalue weighted by molar-refractivity contribution is 0.897. The zero-order valence-corrected chi connectivity index (χ0v) is 11.6. The Kier molecular flexibility index (Phi) is 4.03. The molecule has 0 atom stereocenters. The van der Waals surface area contributed by atoms with E-state index in [0.717, 1.165) is 6.54 Å². The van der Waals surface area contributed by atoms with E-state index in [0.29, 0.717) is 16.5 Å². The van der Waals surface area contributed by atoms with Gasteiger partial charge in [-0.25, -0.2) is 4.98 Å². The molecular formula is C15H14ClN3. The van der Waals surface area contributed by atoms with Gasteiger partial charge in [0.2, 0.25) is 0 Å². The van der Waals surface area contributed by atoms with Crippen LogP contribution in [0.5, 0.6) is 0 Å². The molecule has 0 bridgehead atoms. The highest BCUT2D eigenvalue weighted by Gasteiger charge is 2.07. The number of nitrogens with zero attached hydrogens (tertiary/aromatic N) is 3. The third-order valence-electron chi connectivity index (χ3n) is 2.84. The molecule has 0 N–H and O–H groups in total. The van der Waals surface area contributed by atoms with Crippen LogP contribution in [-0.2, 0) is 6.54 Å². The highest BCUT2D eigenvalue weighted by Crippen LogP contribution is 2.18. The van der Waals surface area contributed by atoms with Crippen molar-refractivity contribution in [1.29, 1.82) is 5.26 Å². The first-order valence-corrected chi connectivity index (χ1v) is 6.30. The van der Waals surface area contributed by atoms with Gasteiger partial charge < -0.3 is 4.90 Å². The molecule has 0 radical (unpaired) electrons. The molecule has 0 amide bonds. The molecule has 0 fully saturated rings. The Morgan fingerprint density at radius 1 is 1.26 bits per heavy atom. The monoisotopic (exact) mass is 271 g/mol. The number of benzene rings is 1. The van der Waals surface area contributed by atoms with Gasteiger partial charge in [-0.1, -0.05) is 41.4 Å². The summed E-state index contributed by atoms with van der Waals surface area (Å²) < 4.78 is 0. The Morgan fingerprint density at radius 2 is 1.95 bits per heavy atom. The third kappa shape index (κ3) is 3.46. The minimum absolute atomic E-state index is 0.338. The summed E-state index contributed by atoms with van der Waals surface area (Å²) in [6, 6.07) is 13.7. The van der Waals surface area contributed by atoms with E-state index in [1.54, 1.807) is 12.1 Å². The Hall–Kier alpha value is -2.05. The fraction of sp³-hybridized carbons (Fsp3) is 0.200. The van der Waals surface area contributed by atoms with Crippen LogP contribution in [0.15, 0.2) is 36.4 Å². The molecule has 1 aromatic heterocycles. The summed E-state index contributed by atoms with van der Waals surface area (Å²) in [5.74, 6) is 0.699. The molecule has 0 aliphatic heterocycles. The van der Waals surface area contributed by atoms with Gasteiger partial charge in [-0.2, -0.15) is 5.26 Å². The van der Waals surface area contributed by atoms with Crippen LogP contribution in [0.3, 0.4) is 0 Å². The van der Waals surface area contributed by atoms with Crippen molar-refractivity contribution in [1.82, 2.24) is 4.98 Å². The zero-order chi connectivity index (χ0) is 13.8. The Morgan fingerprint density at radius 3 is 2.58 bits per heavy atom. The van der Waals surface area contributed by atoms with Gasteiger partial charge >= 0.3 is 0 Å². The van der Waals surface area contributed by atoms with Gasteiger partial charge in [0.15, 0.2) is 0 Å². The van der Waals surface area contributed by atoms with E-state index < -0.39 is 0 Å². The number of halogens is 1. The average Bonchev–Trinajstić information content (AvgIpc) is 2.40. The molecule has 0 unspecified atom stereocenters. The Labute approximate surface area is 118 Å². The van der Waals surface area contributed by atoms with Crippen molar-refractivity contribution >= 4 is 17.4 Å². The summed E-state index contributed by atoms with van der Waals surface area (Å²) in [7, 11) is 1.93. The number of aryl methyl sites for hydroxylation is 1. The molecule has 19 heavy (non-hydrogen) atoms. The zero-order valence-electron chi connectivity index (χ0n) is 10.9. The fourth-order valence-corrected chi connectivity index (χ4v) is 2.00. The highest BCUT2D eigenvalue weighted by molar-refractivity contribution is 6.29. The molecule has 0 aliphatic rings. The van der Waals surface area contributed by atoms with Gasteiger partial charge in [0, 0.05) is 13.6 Å². The van der Waals surface area contributed by atoms with E-state index in [1.807, 2.05) is 11.9 Å². The van der Waals surface area contributed by atoms with Gasteiger partial charge in [-0.05, 0) is 24.6 Å². The van der Waals surface area contributed by atoms with Gasteiger partial charge in [0.25, 0.3) is 0 Å². The number of nitriles is 1. The van der Waals surface area contributed by atoms with Crippen LogP contribution in [0.4, 0.5) is 5.82 Å². The van der Waals surface area contributed by atoms with Crippen LogP contribution < -0.4 is 4.90 Å². The molecule has 1 aromatic carbocycles. The lowest BCUT2D eigenvalue weighted by Gasteiger charge is -2.18. The summed E-state index contributed by atoms with van der Waals surface area (Å²) in [5.41, 5.74) is 2.94. The van der Waals surface area contributed by atoms with Gasteiger partial charge in [-0.3, -0.25) is 0 Å². The number of hydrogen-bond donors (Lipinski definition) is 0. The van der Waals surface area contributed by atoms with Crippen molar-refractivity contribution in [3.05, 3.63) is 58.2 Å². The summed E-state index contributed by atoms with van der Waals surface area (Å²) in [6.45, 7) is 2.78. The largest absolute Gasteiger partial charge is 0.355 e. The summed E-state index contributed by atoms with van der Waals surface area (Å²) in [5, 5.41) is 9.27. The van der Waals surface area contributed by atoms with Crippen LogP contribution in [0, 0.1) is 18.3 Å². The number of hydrogen-bond acceptors (Lipinski definition) is 3. The van der Waals surface area contributed by atoms with Crippen LogP contribution >= 0.6 is 11.6 Å². The summed E-state index contributed by atoms with van der Waals surface area (Å²) in [6.07, 6.45) is 0. The van der Waals surface area contributed by atoms with E-state index in [-0.39, 0.29) is 0 Å². The third-order valence-corrected chi connectivity index (χ3v) is 3.03. The average molecular weight is 272 g/mol. The molecule has 0 spiro atoms. The fourth-order valence-electron chi connectivity index (χ4n) is 1.79. The normalized spacial score (nSPS) is 10.0. The standard InChI is InChI=1S/C15H14ClN3/c1-11-3-5-12(6-4-11)10-19(2)15-8-13(9-17)7-14(16)18-15/h3-8H,10H2,1-2H3. The van der Waals surface area contributed by atoms with Crippen molar-refractivity contribution < 1.29 is 0 Å². The predicted molar refractivity (Wildman–Crippen MR) is 77.2 cm³/mol. The molecular weight excluding hydrogens is 258 g/mol. The van der Waals surface area contributed by atoms with Crippen molar-refractivity contribution in [3.8, 4) is 6.07 Å². The van der Waals surface area contributed by atoms with Crippen LogP contribution in [-0.4, -0.2) is 12.0 Å². The molecule has 2 rings (SSSR count). The van der Waals surface area contributed by atoms with E-state index in [1.165, 1.54) is 11.1 Å². The minimum atomic E-state index is 0.338. The first-order chi connectivity index (χ1) is 9.08. The van der Waals surface area contributed by atoms with E-state index in [4.69, 9.17) is 16.9 Å². The first kappa shape index (κ1) is 13.4. The van der Waals surface area contributed by atoms with Crippen molar-refractivity contribution in [2.45, 2.75) is 13.5 Å². The second-order valence-corrected chi connectivity index (χ2v) is 4.88. The molecule has 3 nitrogen and oxygen atoms in total. The highest BCUT2D eigenvalue weighted by atomic mass is 35.5. The molecule has 0 saturated carbocycles. The van der Waals surface area contributed by atoms with E-state index in [2.05, 4.69) is 42.2 Å². The second-order valence-electron chi connectivity index (χ2n) is 4.49. The maximum absolute atomic E-state index is 8.93. The second kappa shape index (κ2) is 5.73. The molecule has 4 heteroatoms. The quantitative estimate of drug-likeness (QED) is 0.802. The Bertz CT molecular complexity index is 614. The van der Waals surface area contributed by atoms with Gasteiger partial charge in [0.1, 0.15) is 11.0 Å². The lowest BCUT2D eigenvalue weighted by atomic mass is 10.1. The minimum Gasteiger partial charge on any atom is -0.355 e. The van der Waals surface area contributed by atoms with Crippen LogP contribution in [0.2, 0.25) is 5.15 Å². The van der Waals surface area contributed by atoms with Gasteiger partial charge in [-0.15, -0.1) is 0 Å². The van der Waals surface area contributed by atoms with Crippen molar-refractivity contribution in [2.75, 3.05) is 11.9 Å². The predicted octanol–water partition coefficient (Wildman–Crippen LogP) is 3.55. The van der Waals surface area contributed by atoms with Gasteiger partial charge in [0.05, 0.1) is 11.6 Å². The Balaban J connectivity index is 2.20. The maximum atomic E-state index is 8.93. The van der Waals surface area contributed by atoms with Crippen LogP contribution in [0.1, 0.15) is 16.7 Å². The summed E-state index contributed by atoms with van der Waals surface area (Å²) in [4.78, 5) is 6.21. The molecule has 96 valence electrons.